The molecule has 0 radical (unpaired) electrons. The van der Waals surface area contributed by atoms with Crippen LogP contribution in [0.25, 0.3) is 0 Å². The Bertz CT molecular complexity index is 503. The van der Waals surface area contributed by atoms with E-state index in [9.17, 15) is 5.11 Å². The molecule has 0 rings (SSSR count). The van der Waals surface area contributed by atoms with Gasteiger partial charge in [-0.05, 0) is 70.6 Å². The minimum atomic E-state index is -0.0541. The Morgan fingerprint density at radius 3 is 1.03 bits per heavy atom. The van der Waals surface area contributed by atoms with Gasteiger partial charge in [0.2, 0.25) is 0 Å². The summed E-state index contributed by atoms with van der Waals surface area (Å²) in [6.45, 7) is 4.54. The third kappa shape index (κ3) is 33.2. The highest BCUT2D eigenvalue weighted by atomic mass is 16.3. The fourth-order valence-electron chi connectivity index (χ4n) is 5.14. The van der Waals surface area contributed by atoms with Gasteiger partial charge in [0, 0.05) is 0 Å². The summed E-state index contributed by atoms with van der Waals surface area (Å²) in [6, 6.07) is 0. The Morgan fingerprint density at radius 2 is 0.658 bits per heavy atom. The molecule has 0 aliphatic carbocycles. The van der Waals surface area contributed by atoms with Crippen LogP contribution in [0.1, 0.15) is 194 Å². The maximum atomic E-state index is 10.3. The second kappa shape index (κ2) is 34.2. The topological polar surface area (TPSA) is 20.2 Å². The predicted octanol–water partition coefficient (Wildman–Crippen LogP) is 13.0. The SMILES string of the molecule is CCCCCC=CCC=CCCCCCCCCC(O)CCCCCCCCCCCC=CCCCCC. The van der Waals surface area contributed by atoms with E-state index in [0.29, 0.717) is 0 Å². The van der Waals surface area contributed by atoms with Crippen molar-refractivity contribution in [1.29, 1.82) is 0 Å². The van der Waals surface area contributed by atoms with Crippen LogP contribution >= 0.6 is 0 Å². The van der Waals surface area contributed by atoms with E-state index in [4.69, 9.17) is 0 Å². The Hall–Kier alpha value is -0.820. The van der Waals surface area contributed by atoms with Crippen LogP contribution in [0.15, 0.2) is 36.5 Å². The predicted molar refractivity (Wildman–Crippen MR) is 174 cm³/mol. The van der Waals surface area contributed by atoms with Gasteiger partial charge in [-0.1, -0.05) is 159 Å². The van der Waals surface area contributed by atoms with Crippen molar-refractivity contribution in [3.8, 4) is 0 Å². The Kier molecular flexibility index (Phi) is 33.5. The third-order valence-corrected chi connectivity index (χ3v) is 7.79. The number of hydrogen-bond donors (Lipinski definition) is 1. The van der Waals surface area contributed by atoms with Crippen molar-refractivity contribution < 1.29 is 5.11 Å². The van der Waals surface area contributed by atoms with Crippen molar-refractivity contribution in [2.24, 2.45) is 0 Å². The summed E-state index contributed by atoms with van der Waals surface area (Å²) in [4.78, 5) is 0. The molecule has 0 saturated carbocycles. The van der Waals surface area contributed by atoms with Gasteiger partial charge in [0.15, 0.2) is 0 Å². The van der Waals surface area contributed by atoms with Crippen molar-refractivity contribution in [3.63, 3.8) is 0 Å². The zero-order chi connectivity index (χ0) is 27.6. The smallest absolute Gasteiger partial charge is 0.0540 e. The average Bonchev–Trinajstić information content (AvgIpc) is 2.92. The summed E-state index contributed by atoms with van der Waals surface area (Å²) in [5.41, 5.74) is 0. The van der Waals surface area contributed by atoms with Crippen molar-refractivity contribution in [1.82, 2.24) is 0 Å². The van der Waals surface area contributed by atoms with E-state index in [1.165, 1.54) is 161 Å². The molecule has 224 valence electrons. The molecular weight excluding hydrogens is 460 g/mol. The third-order valence-electron chi connectivity index (χ3n) is 7.79. The molecular formula is C37H70O. The van der Waals surface area contributed by atoms with E-state index in [0.717, 1.165) is 19.3 Å². The van der Waals surface area contributed by atoms with Gasteiger partial charge >= 0.3 is 0 Å². The van der Waals surface area contributed by atoms with Crippen LogP contribution < -0.4 is 0 Å². The molecule has 38 heavy (non-hydrogen) atoms. The molecule has 0 aromatic carbocycles. The van der Waals surface area contributed by atoms with Crippen molar-refractivity contribution in [3.05, 3.63) is 36.5 Å². The lowest BCUT2D eigenvalue weighted by molar-refractivity contribution is 0.147. The first-order chi connectivity index (χ1) is 18.8. The number of unbranched alkanes of at least 4 members (excludes halogenated alkanes) is 21. The zero-order valence-electron chi connectivity index (χ0n) is 26.3. The molecule has 0 aliphatic rings. The fourth-order valence-corrected chi connectivity index (χ4v) is 5.14. The van der Waals surface area contributed by atoms with Crippen molar-refractivity contribution in [2.45, 2.75) is 200 Å². The molecule has 0 bridgehead atoms. The Labute approximate surface area is 241 Å². The van der Waals surface area contributed by atoms with Crippen LogP contribution in [0.2, 0.25) is 0 Å². The molecule has 0 aromatic heterocycles. The van der Waals surface area contributed by atoms with Crippen LogP contribution in [0.4, 0.5) is 0 Å². The van der Waals surface area contributed by atoms with Crippen molar-refractivity contribution >= 4 is 0 Å². The molecule has 0 amide bonds. The monoisotopic (exact) mass is 531 g/mol. The molecule has 1 nitrogen and oxygen atoms in total. The van der Waals surface area contributed by atoms with Gasteiger partial charge in [-0.3, -0.25) is 0 Å². The first-order valence-corrected chi connectivity index (χ1v) is 17.4. The van der Waals surface area contributed by atoms with Gasteiger partial charge in [-0.2, -0.15) is 0 Å². The van der Waals surface area contributed by atoms with E-state index >= 15 is 0 Å². The lowest BCUT2D eigenvalue weighted by atomic mass is 10.0. The summed E-state index contributed by atoms with van der Waals surface area (Å²) in [6.07, 6.45) is 50.5. The maximum Gasteiger partial charge on any atom is 0.0540 e. The summed E-state index contributed by atoms with van der Waals surface area (Å²) in [7, 11) is 0. The number of rotatable bonds is 31. The summed E-state index contributed by atoms with van der Waals surface area (Å²) in [5, 5.41) is 10.3. The number of aliphatic hydroxyl groups is 1. The van der Waals surface area contributed by atoms with E-state index in [1.807, 2.05) is 0 Å². The lowest BCUT2D eigenvalue weighted by Gasteiger charge is -2.10. The normalized spacial score (nSPS) is 13.0. The molecule has 1 unspecified atom stereocenters. The van der Waals surface area contributed by atoms with Gasteiger partial charge in [0.05, 0.1) is 6.10 Å². The molecule has 0 saturated heterocycles. The molecule has 0 aliphatic heterocycles. The first kappa shape index (κ1) is 37.2. The van der Waals surface area contributed by atoms with Crippen molar-refractivity contribution in [2.75, 3.05) is 0 Å². The highest BCUT2D eigenvalue weighted by molar-refractivity contribution is 4.92. The minimum Gasteiger partial charge on any atom is -0.393 e. The Morgan fingerprint density at radius 1 is 0.368 bits per heavy atom. The second-order valence-electron chi connectivity index (χ2n) is 11.8. The second-order valence-corrected chi connectivity index (χ2v) is 11.8. The molecule has 1 atom stereocenters. The fraction of sp³-hybridized carbons (Fsp3) is 0.838. The quantitative estimate of drug-likeness (QED) is 0.0698. The van der Waals surface area contributed by atoms with Gasteiger partial charge in [-0.15, -0.1) is 0 Å². The van der Waals surface area contributed by atoms with Gasteiger partial charge < -0.3 is 5.11 Å². The molecule has 1 N–H and O–H groups in total. The van der Waals surface area contributed by atoms with Crippen LogP contribution in [0, 0.1) is 0 Å². The number of hydrogen-bond acceptors (Lipinski definition) is 1. The highest BCUT2D eigenvalue weighted by Crippen LogP contribution is 2.15. The molecule has 0 heterocycles. The number of aliphatic hydroxyl groups excluding tert-OH is 1. The van der Waals surface area contributed by atoms with Gasteiger partial charge in [-0.25, -0.2) is 0 Å². The largest absolute Gasteiger partial charge is 0.393 e. The van der Waals surface area contributed by atoms with E-state index < -0.39 is 0 Å². The summed E-state index contributed by atoms with van der Waals surface area (Å²) >= 11 is 0. The molecule has 0 aromatic rings. The van der Waals surface area contributed by atoms with Crippen LogP contribution in [-0.4, -0.2) is 11.2 Å². The van der Waals surface area contributed by atoms with E-state index in [-0.39, 0.29) is 6.10 Å². The van der Waals surface area contributed by atoms with Gasteiger partial charge in [0.25, 0.3) is 0 Å². The first-order valence-electron chi connectivity index (χ1n) is 17.4. The minimum absolute atomic E-state index is 0.0541. The number of allylic oxidation sites excluding steroid dienone is 6. The van der Waals surface area contributed by atoms with E-state index in [1.54, 1.807) is 0 Å². The standard InChI is InChI=1S/C37H70O/c1-3-5-7-9-11-13-15-17-19-21-23-25-27-29-31-33-35-37(38)36-34-32-30-28-26-24-22-20-18-16-14-12-10-8-6-4-2/h11-14,17,19,37-38H,3-10,15-16,18,20-36H2,1-2H3. The lowest BCUT2D eigenvalue weighted by Crippen LogP contribution is -2.05. The molecule has 1 heteroatoms. The molecule has 0 fully saturated rings. The van der Waals surface area contributed by atoms with Crippen LogP contribution in [0.5, 0.6) is 0 Å². The Balaban J connectivity index is 3.24. The average molecular weight is 531 g/mol. The summed E-state index contributed by atoms with van der Waals surface area (Å²) in [5.74, 6) is 0. The highest BCUT2D eigenvalue weighted by Gasteiger charge is 2.03. The van der Waals surface area contributed by atoms with Gasteiger partial charge in [0.1, 0.15) is 0 Å². The maximum absolute atomic E-state index is 10.3. The molecule has 0 spiro atoms. The summed E-state index contributed by atoms with van der Waals surface area (Å²) < 4.78 is 0. The van der Waals surface area contributed by atoms with Crippen LogP contribution in [0.3, 0.4) is 0 Å². The van der Waals surface area contributed by atoms with E-state index in [2.05, 4.69) is 50.3 Å². The zero-order valence-corrected chi connectivity index (χ0v) is 26.3. The van der Waals surface area contributed by atoms with Crippen LogP contribution in [-0.2, 0) is 0 Å².